The van der Waals surface area contributed by atoms with E-state index in [0.29, 0.717) is 19.0 Å². The van der Waals surface area contributed by atoms with E-state index in [1.807, 2.05) is 56.1 Å². The molecule has 1 amide bonds. The fourth-order valence-electron chi connectivity index (χ4n) is 2.31. The minimum absolute atomic E-state index is 0.0379. The summed E-state index contributed by atoms with van der Waals surface area (Å²) in [5.41, 5.74) is 3.99. The molecule has 23 heavy (non-hydrogen) atoms. The topological polar surface area (TPSA) is 54.5 Å². The molecule has 1 aromatic carbocycles. The largest absolute Gasteiger partial charge is 0.481 e. The van der Waals surface area contributed by atoms with E-state index in [9.17, 15) is 4.79 Å². The Morgan fingerprint density at radius 2 is 1.96 bits per heavy atom. The number of nitrogens with zero attached hydrogens (tertiary/aromatic N) is 2. The van der Waals surface area contributed by atoms with Crippen molar-refractivity contribution in [3.05, 3.63) is 53.2 Å². The highest BCUT2D eigenvalue weighted by molar-refractivity contribution is 5.93. The van der Waals surface area contributed by atoms with Gasteiger partial charge in [0.05, 0.1) is 19.3 Å². The zero-order chi connectivity index (χ0) is 16.8. The molecule has 1 heterocycles. The lowest BCUT2D eigenvalue weighted by molar-refractivity contribution is -0.117. The van der Waals surface area contributed by atoms with Gasteiger partial charge in [-0.1, -0.05) is 18.2 Å². The summed E-state index contributed by atoms with van der Waals surface area (Å²) >= 11 is 0. The lowest BCUT2D eigenvalue weighted by Crippen LogP contribution is -2.30. The van der Waals surface area contributed by atoms with Crippen molar-refractivity contribution in [3.63, 3.8) is 0 Å². The standard InChI is InChI=1S/C18H23N3O2/c1-13-7-5-9-16(14(13)2)20-17(22)12-21(3)11-15-8-6-10-18(19-15)23-4/h5-10H,11-12H2,1-4H3,(H,20,22). The number of aryl methyl sites for hydroxylation is 1. The van der Waals surface area contributed by atoms with Gasteiger partial charge < -0.3 is 10.1 Å². The van der Waals surface area contributed by atoms with E-state index in [4.69, 9.17) is 4.74 Å². The second-order valence-corrected chi connectivity index (χ2v) is 5.64. The molecule has 5 nitrogen and oxygen atoms in total. The Bertz CT molecular complexity index is 686. The SMILES string of the molecule is COc1cccc(CN(C)CC(=O)Nc2cccc(C)c2C)n1. The molecule has 1 aromatic heterocycles. The van der Waals surface area contributed by atoms with E-state index in [1.165, 1.54) is 0 Å². The van der Waals surface area contributed by atoms with Gasteiger partial charge in [-0.3, -0.25) is 9.69 Å². The summed E-state index contributed by atoms with van der Waals surface area (Å²) < 4.78 is 5.11. The number of hydrogen-bond acceptors (Lipinski definition) is 4. The average Bonchev–Trinajstić information content (AvgIpc) is 2.51. The van der Waals surface area contributed by atoms with E-state index < -0.39 is 0 Å². The minimum atomic E-state index is -0.0379. The maximum atomic E-state index is 12.2. The van der Waals surface area contributed by atoms with Crippen molar-refractivity contribution in [2.75, 3.05) is 26.0 Å². The number of anilines is 1. The number of carbonyl (C=O) groups is 1. The second kappa shape index (κ2) is 7.74. The van der Waals surface area contributed by atoms with Crippen LogP contribution in [0.1, 0.15) is 16.8 Å². The summed E-state index contributed by atoms with van der Waals surface area (Å²) in [6.45, 7) is 4.92. The molecule has 1 N–H and O–H groups in total. The predicted octanol–water partition coefficient (Wildman–Crippen LogP) is 2.78. The van der Waals surface area contributed by atoms with Crippen LogP contribution in [0.5, 0.6) is 5.88 Å². The molecule has 0 spiro atoms. The molecule has 0 fully saturated rings. The molecule has 0 saturated carbocycles. The molecule has 2 rings (SSSR count). The normalized spacial score (nSPS) is 10.7. The first-order valence-corrected chi connectivity index (χ1v) is 7.54. The molecule has 0 atom stereocenters. The molecule has 2 aromatic rings. The molecule has 0 aliphatic heterocycles. The van der Waals surface area contributed by atoms with Gasteiger partial charge in [0.2, 0.25) is 11.8 Å². The molecule has 0 aliphatic rings. The van der Waals surface area contributed by atoms with Crippen molar-refractivity contribution >= 4 is 11.6 Å². The van der Waals surface area contributed by atoms with Gasteiger partial charge in [0.15, 0.2) is 0 Å². The third kappa shape index (κ3) is 4.79. The van der Waals surface area contributed by atoms with Crippen LogP contribution in [0.15, 0.2) is 36.4 Å². The molecule has 0 radical (unpaired) electrons. The Morgan fingerprint density at radius 1 is 1.22 bits per heavy atom. The van der Waals surface area contributed by atoms with Gasteiger partial charge in [-0.05, 0) is 44.2 Å². The lowest BCUT2D eigenvalue weighted by atomic mass is 10.1. The number of benzene rings is 1. The molecular formula is C18H23N3O2. The van der Waals surface area contributed by atoms with Gasteiger partial charge >= 0.3 is 0 Å². The van der Waals surface area contributed by atoms with Crippen LogP contribution in [-0.4, -0.2) is 36.5 Å². The average molecular weight is 313 g/mol. The van der Waals surface area contributed by atoms with Crippen molar-refractivity contribution < 1.29 is 9.53 Å². The van der Waals surface area contributed by atoms with Gasteiger partial charge in [0.25, 0.3) is 0 Å². The van der Waals surface area contributed by atoms with Crippen LogP contribution in [0, 0.1) is 13.8 Å². The molecule has 0 saturated heterocycles. The predicted molar refractivity (Wildman–Crippen MR) is 91.7 cm³/mol. The highest BCUT2D eigenvalue weighted by Crippen LogP contribution is 2.17. The quantitative estimate of drug-likeness (QED) is 0.891. The van der Waals surface area contributed by atoms with E-state index >= 15 is 0 Å². The highest BCUT2D eigenvalue weighted by atomic mass is 16.5. The first kappa shape index (κ1) is 17.0. The molecule has 122 valence electrons. The lowest BCUT2D eigenvalue weighted by Gasteiger charge is -2.17. The highest BCUT2D eigenvalue weighted by Gasteiger charge is 2.10. The van der Waals surface area contributed by atoms with Gasteiger partial charge in [-0.2, -0.15) is 0 Å². The fraction of sp³-hybridized carbons (Fsp3) is 0.333. The summed E-state index contributed by atoms with van der Waals surface area (Å²) in [4.78, 5) is 18.5. The molecule has 0 unspecified atom stereocenters. The Morgan fingerprint density at radius 3 is 2.70 bits per heavy atom. The van der Waals surface area contributed by atoms with Crippen LogP contribution in [0.25, 0.3) is 0 Å². The van der Waals surface area contributed by atoms with Gasteiger partial charge in [-0.25, -0.2) is 4.98 Å². The van der Waals surface area contributed by atoms with Crippen molar-refractivity contribution in [2.45, 2.75) is 20.4 Å². The fourth-order valence-corrected chi connectivity index (χ4v) is 2.31. The number of rotatable bonds is 6. The van der Waals surface area contributed by atoms with Crippen LogP contribution in [0.2, 0.25) is 0 Å². The van der Waals surface area contributed by atoms with Crippen LogP contribution >= 0.6 is 0 Å². The van der Waals surface area contributed by atoms with Crippen LogP contribution in [-0.2, 0) is 11.3 Å². The van der Waals surface area contributed by atoms with Gasteiger partial charge in [0, 0.05) is 18.3 Å². The monoisotopic (exact) mass is 313 g/mol. The van der Waals surface area contributed by atoms with Gasteiger partial charge in [-0.15, -0.1) is 0 Å². The van der Waals surface area contributed by atoms with E-state index in [2.05, 4.69) is 10.3 Å². The number of pyridine rings is 1. The van der Waals surface area contributed by atoms with Crippen molar-refractivity contribution in [2.24, 2.45) is 0 Å². The van der Waals surface area contributed by atoms with Crippen LogP contribution < -0.4 is 10.1 Å². The van der Waals surface area contributed by atoms with Gasteiger partial charge in [0.1, 0.15) is 0 Å². The Labute approximate surface area is 137 Å². The molecule has 5 heteroatoms. The smallest absolute Gasteiger partial charge is 0.238 e. The first-order valence-electron chi connectivity index (χ1n) is 7.54. The number of hydrogen-bond donors (Lipinski definition) is 1. The second-order valence-electron chi connectivity index (χ2n) is 5.64. The zero-order valence-electron chi connectivity index (χ0n) is 14.1. The Hall–Kier alpha value is -2.40. The number of aromatic nitrogens is 1. The Kier molecular flexibility index (Phi) is 5.71. The molecular weight excluding hydrogens is 290 g/mol. The van der Waals surface area contributed by atoms with Crippen molar-refractivity contribution in [1.29, 1.82) is 0 Å². The zero-order valence-corrected chi connectivity index (χ0v) is 14.1. The summed E-state index contributed by atoms with van der Waals surface area (Å²) in [7, 11) is 3.48. The molecule has 0 bridgehead atoms. The van der Waals surface area contributed by atoms with Crippen LogP contribution in [0.3, 0.4) is 0 Å². The number of nitrogens with one attached hydrogen (secondary N) is 1. The number of amides is 1. The van der Waals surface area contributed by atoms with Crippen molar-refractivity contribution in [1.82, 2.24) is 9.88 Å². The van der Waals surface area contributed by atoms with E-state index in [-0.39, 0.29) is 5.91 Å². The third-order valence-corrected chi connectivity index (χ3v) is 3.71. The minimum Gasteiger partial charge on any atom is -0.481 e. The maximum absolute atomic E-state index is 12.2. The summed E-state index contributed by atoms with van der Waals surface area (Å²) in [6.07, 6.45) is 0. The Balaban J connectivity index is 1.93. The first-order chi connectivity index (χ1) is 11.0. The number of ether oxygens (including phenoxy) is 1. The van der Waals surface area contributed by atoms with E-state index in [0.717, 1.165) is 22.5 Å². The molecule has 0 aliphatic carbocycles. The number of likely N-dealkylation sites (N-methyl/N-ethyl adjacent to an activating group) is 1. The summed E-state index contributed by atoms with van der Waals surface area (Å²) in [5, 5.41) is 2.96. The van der Waals surface area contributed by atoms with E-state index in [1.54, 1.807) is 13.2 Å². The summed E-state index contributed by atoms with van der Waals surface area (Å²) in [5.74, 6) is 0.542. The van der Waals surface area contributed by atoms with Crippen LogP contribution in [0.4, 0.5) is 5.69 Å². The summed E-state index contributed by atoms with van der Waals surface area (Å²) in [6, 6.07) is 11.5. The third-order valence-electron chi connectivity index (χ3n) is 3.71. The van der Waals surface area contributed by atoms with Crippen molar-refractivity contribution in [3.8, 4) is 5.88 Å². The maximum Gasteiger partial charge on any atom is 0.238 e. The number of methoxy groups -OCH3 is 1. The number of carbonyl (C=O) groups excluding carboxylic acids is 1.